The van der Waals surface area contributed by atoms with E-state index in [1.807, 2.05) is 12.1 Å². The Morgan fingerprint density at radius 3 is 2.40 bits per heavy atom. The molecular weight excluding hydrogens is 248 g/mol. The van der Waals surface area contributed by atoms with Crippen LogP contribution in [0.1, 0.15) is 57.9 Å². The first kappa shape index (κ1) is 15.4. The average molecular weight is 276 g/mol. The second-order valence-corrected chi connectivity index (χ2v) is 7.09. The summed E-state index contributed by atoms with van der Waals surface area (Å²) in [6.07, 6.45) is 7.22. The van der Waals surface area contributed by atoms with Gasteiger partial charge in [-0.3, -0.25) is 0 Å². The Labute approximate surface area is 123 Å². The largest absolute Gasteiger partial charge is 0.497 e. The summed E-state index contributed by atoms with van der Waals surface area (Å²) in [7, 11) is 1.69. The zero-order valence-corrected chi connectivity index (χ0v) is 13.1. The van der Waals surface area contributed by atoms with Crippen molar-refractivity contribution in [1.29, 1.82) is 0 Å². The maximum Gasteiger partial charge on any atom is 0.118 e. The monoisotopic (exact) mass is 276 g/mol. The highest BCUT2D eigenvalue weighted by Crippen LogP contribution is 2.39. The Morgan fingerprint density at radius 2 is 1.75 bits per heavy atom. The van der Waals surface area contributed by atoms with Crippen LogP contribution in [0.25, 0.3) is 0 Å². The molecule has 1 atom stereocenters. The van der Waals surface area contributed by atoms with Gasteiger partial charge in [0.25, 0.3) is 0 Å². The molecule has 2 nitrogen and oxygen atoms in total. The van der Waals surface area contributed by atoms with Crippen molar-refractivity contribution in [2.45, 2.75) is 64.4 Å². The van der Waals surface area contributed by atoms with Crippen LogP contribution in [0.4, 0.5) is 0 Å². The van der Waals surface area contributed by atoms with Crippen LogP contribution in [0.3, 0.4) is 0 Å². The van der Waals surface area contributed by atoms with Crippen molar-refractivity contribution in [3.05, 3.63) is 29.8 Å². The van der Waals surface area contributed by atoms with Crippen molar-refractivity contribution in [2.75, 3.05) is 7.11 Å². The van der Waals surface area contributed by atoms with Gasteiger partial charge in [-0.05, 0) is 61.6 Å². The van der Waals surface area contributed by atoms with Gasteiger partial charge in [0.05, 0.1) is 12.7 Å². The Balaban J connectivity index is 1.91. The van der Waals surface area contributed by atoms with Gasteiger partial charge in [0, 0.05) is 0 Å². The van der Waals surface area contributed by atoms with Gasteiger partial charge >= 0.3 is 0 Å². The number of aryl methyl sites for hydroxylation is 1. The minimum absolute atomic E-state index is 0.393. The van der Waals surface area contributed by atoms with Gasteiger partial charge in [-0.25, -0.2) is 0 Å². The molecule has 1 unspecified atom stereocenters. The summed E-state index contributed by atoms with van der Waals surface area (Å²) in [4.78, 5) is 0. The highest BCUT2D eigenvalue weighted by Gasteiger charge is 2.33. The molecule has 2 rings (SSSR count). The van der Waals surface area contributed by atoms with Crippen LogP contribution >= 0.6 is 0 Å². The summed E-state index contributed by atoms with van der Waals surface area (Å²) in [5.41, 5.74) is 1.21. The maximum absolute atomic E-state index is 10.8. The fraction of sp³-hybridized carbons (Fsp3) is 0.667. The molecule has 0 radical (unpaired) electrons. The van der Waals surface area contributed by atoms with Crippen molar-refractivity contribution in [3.63, 3.8) is 0 Å². The van der Waals surface area contributed by atoms with Crippen LogP contribution in [0.15, 0.2) is 24.3 Å². The Kier molecular flexibility index (Phi) is 4.74. The van der Waals surface area contributed by atoms with Crippen molar-refractivity contribution < 1.29 is 9.84 Å². The number of aliphatic hydroxyl groups is 1. The van der Waals surface area contributed by atoms with Crippen molar-refractivity contribution in [3.8, 4) is 5.75 Å². The number of hydrogen-bond donors (Lipinski definition) is 1. The lowest BCUT2D eigenvalue weighted by atomic mass is 9.83. The van der Waals surface area contributed by atoms with Gasteiger partial charge in [-0.2, -0.15) is 0 Å². The van der Waals surface area contributed by atoms with Gasteiger partial charge in [0.15, 0.2) is 0 Å². The third kappa shape index (κ3) is 4.24. The molecule has 1 aliphatic carbocycles. The Morgan fingerprint density at radius 1 is 1.05 bits per heavy atom. The lowest BCUT2D eigenvalue weighted by molar-refractivity contribution is 0.0142. The number of benzene rings is 1. The maximum atomic E-state index is 10.8. The molecule has 0 amide bonds. The van der Waals surface area contributed by atoms with Gasteiger partial charge in [0.2, 0.25) is 0 Å². The Hall–Kier alpha value is -1.02. The minimum Gasteiger partial charge on any atom is -0.497 e. The van der Waals surface area contributed by atoms with Gasteiger partial charge < -0.3 is 9.84 Å². The first-order valence-corrected chi connectivity index (χ1v) is 7.78. The molecule has 0 spiro atoms. The van der Waals surface area contributed by atoms with Gasteiger partial charge in [-0.15, -0.1) is 0 Å². The molecule has 1 N–H and O–H groups in total. The molecule has 1 saturated carbocycles. The lowest BCUT2D eigenvalue weighted by Crippen LogP contribution is -2.28. The van der Waals surface area contributed by atoms with Crippen molar-refractivity contribution in [2.24, 2.45) is 5.41 Å². The molecule has 2 heteroatoms. The van der Waals surface area contributed by atoms with Crippen LogP contribution < -0.4 is 4.74 Å². The van der Waals surface area contributed by atoms with E-state index in [0.717, 1.165) is 44.3 Å². The second-order valence-electron chi connectivity index (χ2n) is 7.09. The zero-order chi connectivity index (χ0) is 14.6. The number of hydrogen-bond acceptors (Lipinski definition) is 2. The van der Waals surface area contributed by atoms with E-state index in [9.17, 15) is 5.11 Å². The first-order valence-electron chi connectivity index (χ1n) is 7.78. The van der Waals surface area contributed by atoms with Crippen LogP contribution in [0.5, 0.6) is 5.75 Å². The SMILES string of the molecule is COc1ccc(CCC2(O)CCCC(C)(C)CC2)cc1. The molecule has 0 aromatic heterocycles. The van der Waals surface area contributed by atoms with E-state index in [0.29, 0.717) is 5.41 Å². The fourth-order valence-electron chi connectivity index (χ4n) is 3.14. The average Bonchev–Trinajstić information content (AvgIpc) is 2.57. The molecule has 1 aromatic carbocycles. The van der Waals surface area contributed by atoms with E-state index in [-0.39, 0.29) is 0 Å². The molecule has 0 aliphatic heterocycles. The standard InChI is InChI=1S/C18H28O2/c1-17(2)10-4-11-18(19,14-13-17)12-9-15-5-7-16(20-3)8-6-15/h5-8,19H,4,9-14H2,1-3H3. The van der Waals surface area contributed by atoms with E-state index < -0.39 is 5.60 Å². The fourth-order valence-corrected chi connectivity index (χ4v) is 3.14. The summed E-state index contributed by atoms with van der Waals surface area (Å²) in [6.45, 7) is 4.64. The molecule has 1 aliphatic rings. The number of rotatable bonds is 4. The minimum atomic E-state index is -0.465. The molecule has 1 fully saturated rings. The summed E-state index contributed by atoms with van der Waals surface area (Å²) in [5, 5.41) is 10.8. The Bertz CT molecular complexity index is 422. The third-order valence-electron chi connectivity index (χ3n) is 4.80. The number of ether oxygens (including phenoxy) is 1. The van der Waals surface area contributed by atoms with Gasteiger partial charge in [0.1, 0.15) is 5.75 Å². The van der Waals surface area contributed by atoms with E-state index >= 15 is 0 Å². The highest BCUT2D eigenvalue weighted by atomic mass is 16.5. The van der Waals surface area contributed by atoms with Gasteiger partial charge in [-0.1, -0.05) is 32.4 Å². The smallest absolute Gasteiger partial charge is 0.118 e. The topological polar surface area (TPSA) is 29.5 Å². The van der Waals surface area contributed by atoms with E-state index in [2.05, 4.69) is 26.0 Å². The van der Waals surface area contributed by atoms with E-state index in [4.69, 9.17) is 4.74 Å². The molecule has 1 aromatic rings. The first-order chi connectivity index (χ1) is 9.42. The van der Waals surface area contributed by atoms with Crippen molar-refractivity contribution in [1.82, 2.24) is 0 Å². The summed E-state index contributed by atoms with van der Waals surface area (Å²) < 4.78 is 5.17. The highest BCUT2D eigenvalue weighted by molar-refractivity contribution is 5.27. The van der Waals surface area contributed by atoms with Crippen molar-refractivity contribution >= 4 is 0 Å². The molecule has 20 heavy (non-hydrogen) atoms. The van der Waals surface area contributed by atoms with E-state index in [1.165, 1.54) is 12.0 Å². The number of methoxy groups -OCH3 is 1. The predicted octanol–water partition coefficient (Wildman–Crippen LogP) is 4.35. The summed E-state index contributed by atoms with van der Waals surface area (Å²) in [6, 6.07) is 8.19. The third-order valence-corrected chi connectivity index (χ3v) is 4.80. The molecule has 0 saturated heterocycles. The van der Waals surface area contributed by atoms with Crippen LogP contribution in [0.2, 0.25) is 0 Å². The van der Waals surface area contributed by atoms with E-state index in [1.54, 1.807) is 7.11 Å². The van der Waals surface area contributed by atoms with Crippen LogP contribution in [-0.4, -0.2) is 17.8 Å². The lowest BCUT2D eigenvalue weighted by Gasteiger charge is -2.28. The quantitative estimate of drug-likeness (QED) is 0.828. The predicted molar refractivity (Wildman–Crippen MR) is 83.1 cm³/mol. The molecular formula is C18H28O2. The van der Waals surface area contributed by atoms with Crippen LogP contribution in [0, 0.1) is 5.41 Å². The van der Waals surface area contributed by atoms with Crippen LogP contribution in [-0.2, 0) is 6.42 Å². The summed E-state index contributed by atoms with van der Waals surface area (Å²) >= 11 is 0. The molecule has 0 heterocycles. The zero-order valence-electron chi connectivity index (χ0n) is 13.1. The molecule has 0 bridgehead atoms. The normalized spacial score (nSPS) is 26.0. The molecule has 112 valence electrons. The summed E-state index contributed by atoms with van der Waals surface area (Å²) in [5.74, 6) is 0.892. The second kappa shape index (κ2) is 6.17.